The van der Waals surface area contributed by atoms with Gasteiger partial charge in [0.1, 0.15) is 11.5 Å². The first-order valence-electron chi connectivity index (χ1n) is 11.2. The Labute approximate surface area is 199 Å². The second-order valence-corrected chi connectivity index (χ2v) is 8.37. The van der Waals surface area contributed by atoms with Gasteiger partial charge in [0, 0.05) is 60.8 Å². The minimum Gasteiger partial charge on any atom is -0.497 e. The number of methoxy groups -OCH3 is 2. The third kappa shape index (κ3) is 4.56. The van der Waals surface area contributed by atoms with Crippen molar-refractivity contribution >= 4 is 5.69 Å². The number of rotatable bonds is 6. The van der Waals surface area contributed by atoms with Crippen molar-refractivity contribution in [1.82, 2.24) is 19.9 Å². The SMILES string of the molecule is COc1ccc(OC)c(-c2ccc(CN3CCc4nc(-c5ccc(N)cc5)ncc4C3)cn2)c1. The largest absolute Gasteiger partial charge is 0.497 e. The van der Waals surface area contributed by atoms with Gasteiger partial charge < -0.3 is 15.2 Å². The molecule has 0 atom stereocenters. The summed E-state index contributed by atoms with van der Waals surface area (Å²) in [5.41, 5.74) is 12.7. The van der Waals surface area contributed by atoms with E-state index in [-0.39, 0.29) is 0 Å². The highest BCUT2D eigenvalue weighted by Gasteiger charge is 2.19. The molecular weight excluding hydrogens is 426 g/mol. The molecule has 34 heavy (non-hydrogen) atoms. The molecule has 4 aromatic rings. The fraction of sp³-hybridized carbons (Fsp3) is 0.222. The highest BCUT2D eigenvalue weighted by Crippen LogP contribution is 2.32. The van der Waals surface area contributed by atoms with Gasteiger partial charge in [-0.2, -0.15) is 0 Å². The maximum atomic E-state index is 5.80. The van der Waals surface area contributed by atoms with Crippen molar-refractivity contribution in [1.29, 1.82) is 0 Å². The van der Waals surface area contributed by atoms with Crippen molar-refractivity contribution in [2.75, 3.05) is 26.5 Å². The molecular formula is C27H27N5O2. The summed E-state index contributed by atoms with van der Waals surface area (Å²) in [5, 5.41) is 0. The molecule has 0 fully saturated rings. The van der Waals surface area contributed by atoms with E-state index in [1.807, 2.05) is 60.9 Å². The van der Waals surface area contributed by atoms with E-state index in [9.17, 15) is 0 Å². The van der Waals surface area contributed by atoms with E-state index in [1.54, 1.807) is 14.2 Å². The lowest BCUT2D eigenvalue weighted by atomic mass is 10.1. The van der Waals surface area contributed by atoms with Crippen LogP contribution in [0.3, 0.4) is 0 Å². The van der Waals surface area contributed by atoms with Crippen LogP contribution in [0.2, 0.25) is 0 Å². The summed E-state index contributed by atoms with van der Waals surface area (Å²) in [6.45, 7) is 2.58. The highest BCUT2D eigenvalue weighted by molar-refractivity contribution is 5.69. The van der Waals surface area contributed by atoms with Crippen molar-refractivity contribution in [3.63, 3.8) is 0 Å². The second kappa shape index (κ2) is 9.49. The number of pyridine rings is 1. The quantitative estimate of drug-likeness (QED) is 0.434. The number of benzene rings is 2. The number of anilines is 1. The van der Waals surface area contributed by atoms with E-state index in [0.717, 1.165) is 77.1 Å². The molecule has 0 amide bonds. The number of nitrogen functional groups attached to an aromatic ring is 1. The third-order valence-corrected chi connectivity index (χ3v) is 6.10. The molecule has 3 heterocycles. The minimum absolute atomic E-state index is 0.738. The molecule has 0 unspecified atom stereocenters. The Morgan fingerprint density at radius 3 is 2.53 bits per heavy atom. The molecule has 2 N–H and O–H groups in total. The van der Waals surface area contributed by atoms with Crippen LogP contribution in [0.25, 0.3) is 22.6 Å². The van der Waals surface area contributed by atoms with Crippen LogP contribution in [0.5, 0.6) is 11.5 Å². The van der Waals surface area contributed by atoms with Gasteiger partial charge in [-0.05, 0) is 54.1 Å². The van der Waals surface area contributed by atoms with Crippen LogP contribution < -0.4 is 15.2 Å². The molecule has 5 rings (SSSR count). The predicted molar refractivity (Wildman–Crippen MR) is 132 cm³/mol. The van der Waals surface area contributed by atoms with Crippen LogP contribution >= 0.6 is 0 Å². The Hall–Kier alpha value is -3.97. The molecule has 0 aliphatic carbocycles. The average Bonchev–Trinajstić information content (AvgIpc) is 2.89. The molecule has 2 aromatic carbocycles. The van der Waals surface area contributed by atoms with Crippen molar-refractivity contribution < 1.29 is 9.47 Å². The van der Waals surface area contributed by atoms with Crippen LogP contribution in [-0.4, -0.2) is 40.6 Å². The van der Waals surface area contributed by atoms with Gasteiger partial charge in [0.2, 0.25) is 0 Å². The number of nitrogens with two attached hydrogens (primary N) is 1. The lowest BCUT2D eigenvalue weighted by Gasteiger charge is -2.28. The summed E-state index contributed by atoms with van der Waals surface area (Å²) in [7, 11) is 3.32. The first kappa shape index (κ1) is 21.9. The van der Waals surface area contributed by atoms with Crippen LogP contribution in [0.4, 0.5) is 5.69 Å². The second-order valence-electron chi connectivity index (χ2n) is 8.37. The molecule has 1 aliphatic rings. The molecule has 0 bridgehead atoms. The van der Waals surface area contributed by atoms with Gasteiger partial charge in [0.25, 0.3) is 0 Å². The average molecular weight is 454 g/mol. The van der Waals surface area contributed by atoms with Crippen molar-refractivity contribution in [3.8, 4) is 34.1 Å². The number of fused-ring (bicyclic) bond motifs is 1. The lowest BCUT2D eigenvalue weighted by molar-refractivity contribution is 0.242. The smallest absolute Gasteiger partial charge is 0.159 e. The normalized spacial score (nSPS) is 13.4. The standard InChI is InChI=1S/C27H27N5O2/c1-33-22-8-10-26(34-2)23(13-22)25-9-3-18(14-29-25)16-32-12-11-24-20(17-32)15-30-27(31-24)19-4-6-21(28)7-5-19/h3-10,13-15H,11-12,16-17,28H2,1-2H3. The summed E-state index contributed by atoms with van der Waals surface area (Å²) >= 11 is 0. The maximum absolute atomic E-state index is 5.80. The van der Waals surface area contributed by atoms with Gasteiger partial charge >= 0.3 is 0 Å². The van der Waals surface area contributed by atoms with Gasteiger partial charge in [-0.25, -0.2) is 9.97 Å². The number of hydrogen-bond acceptors (Lipinski definition) is 7. The van der Waals surface area contributed by atoms with E-state index >= 15 is 0 Å². The fourth-order valence-electron chi connectivity index (χ4n) is 4.23. The molecule has 7 heteroatoms. The number of ether oxygens (including phenoxy) is 2. The van der Waals surface area contributed by atoms with Gasteiger partial charge in [-0.3, -0.25) is 9.88 Å². The Bertz CT molecular complexity index is 1290. The van der Waals surface area contributed by atoms with E-state index in [1.165, 1.54) is 5.56 Å². The molecule has 7 nitrogen and oxygen atoms in total. The first-order chi connectivity index (χ1) is 16.6. The van der Waals surface area contributed by atoms with E-state index in [4.69, 9.17) is 25.2 Å². The van der Waals surface area contributed by atoms with Crippen molar-refractivity contribution in [2.24, 2.45) is 0 Å². The molecule has 0 spiro atoms. The highest BCUT2D eigenvalue weighted by atomic mass is 16.5. The monoisotopic (exact) mass is 453 g/mol. The van der Waals surface area contributed by atoms with Crippen LogP contribution in [0.1, 0.15) is 16.8 Å². The fourth-order valence-corrected chi connectivity index (χ4v) is 4.23. The summed E-state index contributed by atoms with van der Waals surface area (Å²) in [6, 6.07) is 17.6. The van der Waals surface area contributed by atoms with Crippen molar-refractivity contribution in [2.45, 2.75) is 19.5 Å². The summed E-state index contributed by atoms with van der Waals surface area (Å²) in [4.78, 5) is 16.5. The van der Waals surface area contributed by atoms with E-state index in [2.05, 4.69) is 16.0 Å². The van der Waals surface area contributed by atoms with Gasteiger partial charge in [0.05, 0.1) is 25.6 Å². The Morgan fingerprint density at radius 2 is 1.79 bits per heavy atom. The van der Waals surface area contributed by atoms with Crippen LogP contribution in [-0.2, 0) is 19.5 Å². The van der Waals surface area contributed by atoms with E-state index in [0.29, 0.717) is 0 Å². The zero-order chi connectivity index (χ0) is 23.5. The minimum atomic E-state index is 0.738. The van der Waals surface area contributed by atoms with Gasteiger partial charge in [0.15, 0.2) is 5.82 Å². The number of nitrogens with zero attached hydrogens (tertiary/aromatic N) is 4. The molecule has 0 saturated carbocycles. The summed E-state index contributed by atoms with van der Waals surface area (Å²) in [6.07, 6.45) is 4.79. The number of hydrogen-bond donors (Lipinski definition) is 1. The van der Waals surface area contributed by atoms with Gasteiger partial charge in [-0.1, -0.05) is 6.07 Å². The maximum Gasteiger partial charge on any atom is 0.159 e. The van der Waals surface area contributed by atoms with Crippen LogP contribution in [0.15, 0.2) is 67.0 Å². The molecule has 172 valence electrons. The first-order valence-corrected chi connectivity index (χ1v) is 11.2. The number of aromatic nitrogens is 3. The predicted octanol–water partition coefficient (Wildman–Crippen LogP) is 4.36. The topological polar surface area (TPSA) is 86.4 Å². The zero-order valence-electron chi connectivity index (χ0n) is 19.4. The Balaban J connectivity index is 1.28. The zero-order valence-corrected chi connectivity index (χ0v) is 19.4. The molecule has 0 saturated heterocycles. The summed E-state index contributed by atoms with van der Waals surface area (Å²) < 4.78 is 10.9. The molecule has 0 radical (unpaired) electrons. The van der Waals surface area contributed by atoms with Crippen molar-refractivity contribution in [3.05, 3.63) is 83.8 Å². The summed E-state index contributed by atoms with van der Waals surface area (Å²) in [5.74, 6) is 2.29. The van der Waals surface area contributed by atoms with Crippen LogP contribution in [0, 0.1) is 0 Å². The third-order valence-electron chi connectivity index (χ3n) is 6.10. The van der Waals surface area contributed by atoms with E-state index < -0.39 is 0 Å². The molecule has 1 aliphatic heterocycles. The molecule has 2 aromatic heterocycles. The Morgan fingerprint density at radius 1 is 0.941 bits per heavy atom. The Kier molecular flexibility index (Phi) is 6.10. The van der Waals surface area contributed by atoms with Gasteiger partial charge in [-0.15, -0.1) is 0 Å². The lowest BCUT2D eigenvalue weighted by Crippen LogP contribution is -2.31.